The second-order valence-corrected chi connectivity index (χ2v) is 3.87. The summed E-state index contributed by atoms with van der Waals surface area (Å²) in [5.41, 5.74) is 0.420. The predicted octanol–water partition coefficient (Wildman–Crippen LogP) is 0.562. The van der Waals surface area contributed by atoms with Gasteiger partial charge >= 0.3 is 0 Å². The summed E-state index contributed by atoms with van der Waals surface area (Å²) in [6.07, 6.45) is -0.524. The number of aromatic nitrogens is 1. The SMILES string of the molecule is Cc1nc(C(=O)NC[C@@H](C)O)cs1. The van der Waals surface area contributed by atoms with E-state index >= 15 is 0 Å². The first-order valence-corrected chi connectivity index (χ1v) is 4.86. The Kier molecular flexibility index (Phi) is 3.39. The molecule has 0 aliphatic rings. The molecule has 0 radical (unpaired) electrons. The molecule has 1 heterocycles. The molecule has 0 aromatic carbocycles. The Hall–Kier alpha value is -0.940. The Bertz CT molecular complexity index is 296. The van der Waals surface area contributed by atoms with Crippen molar-refractivity contribution in [3.8, 4) is 0 Å². The van der Waals surface area contributed by atoms with Crippen LogP contribution in [0.3, 0.4) is 0 Å². The van der Waals surface area contributed by atoms with E-state index in [0.29, 0.717) is 5.69 Å². The van der Waals surface area contributed by atoms with Crippen molar-refractivity contribution < 1.29 is 9.90 Å². The zero-order chi connectivity index (χ0) is 9.84. The minimum absolute atomic E-state index is 0.231. The number of nitrogens with one attached hydrogen (secondary N) is 1. The van der Waals surface area contributed by atoms with Crippen molar-refractivity contribution in [2.75, 3.05) is 6.54 Å². The average molecular weight is 200 g/mol. The van der Waals surface area contributed by atoms with E-state index in [2.05, 4.69) is 10.3 Å². The number of carbonyl (C=O) groups excluding carboxylic acids is 1. The summed E-state index contributed by atoms with van der Waals surface area (Å²) in [4.78, 5) is 15.3. The second-order valence-electron chi connectivity index (χ2n) is 2.81. The van der Waals surface area contributed by atoms with Gasteiger partial charge in [-0.15, -0.1) is 11.3 Å². The number of aliphatic hydroxyl groups excluding tert-OH is 1. The first-order valence-electron chi connectivity index (χ1n) is 3.98. The van der Waals surface area contributed by atoms with Crippen LogP contribution in [0.2, 0.25) is 0 Å². The van der Waals surface area contributed by atoms with E-state index in [-0.39, 0.29) is 12.5 Å². The predicted molar refractivity (Wildman–Crippen MR) is 50.9 cm³/mol. The molecule has 13 heavy (non-hydrogen) atoms. The van der Waals surface area contributed by atoms with Crippen LogP contribution in [0.15, 0.2) is 5.38 Å². The fourth-order valence-corrected chi connectivity index (χ4v) is 1.39. The summed E-state index contributed by atoms with van der Waals surface area (Å²) in [5, 5.41) is 14.1. The summed E-state index contributed by atoms with van der Waals surface area (Å²) in [7, 11) is 0. The fourth-order valence-electron chi connectivity index (χ4n) is 0.799. The largest absolute Gasteiger partial charge is 0.392 e. The van der Waals surface area contributed by atoms with Gasteiger partial charge in [-0.3, -0.25) is 4.79 Å². The molecule has 1 atom stereocenters. The fraction of sp³-hybridized carbons (Fsp3) is 0.500. The smallest absolute Gasteiger partial charge is 0.270 e. The lowest BCUT2D eigenvalue weighted by Gasteiger charge is -2.04. The van der Waals surface area contributed by atoms with E-state index in [4.69, 9.17) is 5.11 Å². The molecule has 0 saturated carbocycles. The number of hydrogen-bond donors (Lipinski definition) is 2. The molecule has 1 aromatic rings. The third-order valence-corrected chi connectivity index (χ3v) is 2.18. The lowest BCUT2D eigenvalue weighted by atomic mass is 10.4. The van der Waals surface area contributed by atoms with Crippen LogP contribution >= 0.6 is 11.3 Å². The molecule has 0 unspecified atom stereocenters. The summed E-state index contributed by atoms with van der Waals surface area (Å²) in [6.45, 7) is 3.72. The zero-order valence-electron chi connectivity index (χ0n) is 7.57. The normalized spacial score (nSPS) is 12.5. The van der Waals surface area contributed by atoms with E-state index in [1.165, 1.54) is 11.3 Å². The molecule has 0 aliphatic carbocycles. The van der Waals surface area contributed by atoms with Crippen LogP contribution in [-0.4, -0.2) is 28.6 Å². The van der Waals surface area contributed by atoms with Gasteiger partial charge in [-0.2, -0.15) is 0 Å². The summed E-state index contributed by atoms with van der Waals surface area (Å²) in [6, 6.07) is 0. The van der Waals surface area contributed by atoms with Crippen molar-refractivity contribution in [1.29, 1.82) is 0 Å². The molecule has 72 valence electrons. The average Bonchev–Trinajstić information content (AvgIpc) is 2.47. The van der Waals surface area contributed by atoms with Gasteiger partial charge in [-0.25, -0.2) is 4.98 Å². The summed E-state index contributed by atoms with van der Waals surface area (Å²) in [5.74, 6) is -0.231. The molecule has 0 saturated heterocycles. The van der Waals surface area contributed by atoms with E-state index in [9.17, 15) is 4.79 Å². The molecule has 0 spiro atoms. The van der Waals surface area contributed by atoms with E-state index < -0.39 is 6.10 Å². The molecule has 2 N–H and O–H groups in total. The molecule has 0 aliphatic heterocycles. The molecule has 0 bridgehead atoms. The molecule has 5 heteroatoms. The van der Waals surface area contributed by atoms with Gasteiger partial charge < -0.3 is 10.4 Å². The maximum atomic E-state index is 11.3. The third kappa shape index (κ3) is 3.12. The molecule has 1 aromatic heterocycles. The highest BCUT2D eigenvalue weighted by Gasteiger charge is 2.08. The van der Waals surface area contributed by atoms with Crippen LogP contribution in [-0.2, 0) is 0 Å². The van der Waals surface area contributed by atoms with Crippen LogP contribution in [0.25, 0.3) is 0 Å². The number of nitrogens with zero attached hydrogens (tertiary/aromatic N) is 1. The lowest BCUT2D eigenvalue weighted by Crippen LogP contribution is -2.30. The van der Waals surface area contributed by atoms with Crippen molar-refractivity contribution in [3.63, 3.8) is 0 Å². The number of aliphatic hydroxyl groups is 1. The highest BCUT2D eigenvalue weighted by atomic mass is 32.1. The van der Waals surface area contributed by atoms with Crippen molar-refractivity contribution >= 4 is 17.2 Å². The molecule has 4 nitrogen and oxygen atoms in total. The van der Waals surface area contributed by atoms with Crippen molar-refractivity contribution in [2.24, 2.45) is 0 Å². The number of aryl methyl sites for hydroxylation is 1. The highest BCUT2D eigenvalue weighted by Crippen LogP contribution is 2.07. The second kappa shape index (κ2) is 4.34. The van der Waals surface area contributed by atoms with E-state index in [0.717, 1.165) is 5.01 Å². The summed E-state index contributed by atoms with van der Waals surface area (Å²) < 4.78 is 0. The van der Waals surface area contributed by atoms with Gasteiger partial charge in [0, 0.05) is 11.9 Å². The number of thiazole rings is 1. The Balaban J connectivity index is 2.49. The zero-order valence-corrected chi connectivity index (χ0v) is 8.39. The monoisotopic (exact) mass is 200 g/mol. The first-order chi connectivity index (χ1) is 6.09. The molecule has 0 fully saturated rings. The number of amides is 1. The van der Waals surface area contributed by atoms with Crippen molar-refractivity contribution in [1.82, 2.24) is 10.3 Å². The first kappa shape index (κ1) is 10.1. The Morgan fingerprint density at radius 2 is 2.54 bits per heavy atom. The number of rotatable bonds is 3. The maximum absolute atomic E-state index is 11.3. The topological polar surface area (TPSA) is 62.2 Å². The Morgan fingerprint density at radius 1 is 1.85 bits per heavy atom. The van der Waals surface area contributed by atoms with Gasteiger partial charge in [0.15, 0.2) is 0 Å². The van der Waals surface area contributed by atoms with Crippen LogP contribution in [0.1, 0.15) is 22.4 Å². The van der Waals surface area contributed by atoms with Gasteiger partial charge in [0.25, 0.3) is 5.91 Å². The quantitative estimate of drug-likeness (QED) is 0.749. The summed E-state index contributed by atoms with van der Waals surface area (Å²) >= 11 is 1.43. The lowest BCUT2D eigenvalue weighted by molar-refractivity contribution is 0.0919. The van der Waals surface area contributed by atoms with Gasteiger partial charge in [-0.05, 0) is 13.8 Å². The van der Waals surface area contributed by atoms with Gasteiger partial charge in [0.05, 0.1) is 11.1 Å². The minimum Gasteiger partial charge on any atom is -0.392 e. The van der Waals surface area contributed by atoms with Gasteiger partial charge in [-0.1, -0.05) is 0 Å². The van der Waals surface area contributed by atoms with Crippen LogP contribution < -0.4 is 5.32 Å². The van der Waals surface area contributed by atoms with Crippen molar-refractivity contribution in [2.45, 2.75) is 20.0 Å². The minimum atomic E-state index is -0.524. The van der Waals surface area contributed by atoms with Gasteiger partial charge in [0.1, 0.15) is 5.69 Å². The standard InChI is InChI=1S/C8H12N2O2S/c1-5(11)3-9-8(12)7-4-13-6(2)10-7/h4-5,11H,3H2,1-2H3,(H,9,12)/t5-/m1/s1. The molecular formula is C8H12N2O2S. The highest BCUT2D eigenvalue weighted by molar-refractivity contribution is 7.09. The van der Waals surface area contributed by atoms with Crippen LogP contribution in [0.4, 0.5) is 0 Å². The van der Waals surface area contributed by atoms with Crippen LogP contribution in [0, 0.1) is 6.92 Å². The molecule has 1 rings (SSSR count). The Morgan fingerprint density at radius 3 is 3.00 bits per heavy atom. The third-order valence-electron chi connectivity index (χ3n) is 1.41. The molecule has 1 amide bonds. The van der Waals surface area contributed by atoms with E-state index in [1.807, 2.05) is 6.92 Å². The van der Waals surface area contributed by atoms with Crippen molar-refractivity contribution in [3.05, 3.63) is 16.1 Å². The maximum Gasteiger partial charge on any atom is 0.270 e. The van der Waals surface area contributed by atoms with Gasteiger partial charge in [0.2, 0.25) is 0 Å². The number of hydrogen-bond acceptors (Lipinski definition) is 4. The number of carbonyl (C=O) groups is 1. The van der Waals surface area contributed by atoms with Crippen LogP contribution in [0.5, 0.6) is 0 Å². The Labute approximate surface area is 80.6 Å². The van der Waals surface area contributed by atoms with E-state index in [1.54, 1.807) is 12.3 Å². The molecular weight excluding hydrogens is 188 g/mol.